The molecule has 0 aliphatic carbocycles. The molecule has 0 spiro atoms. The third-order valence-corrected chi connectivity index (χ3v) is 1.84. The smallest absolute Gasteiger partial charge is 0.464 e. The molecule has 0 bridgehead atoms. The lowest BCUT2D eigenvalue weighted by atomic mass is 10.2. The highest BCUT2D eigenvalue weighted by molar-refractivity contribution is 5.87. The number of carbonyl (C=O) groups is 1. The number of ether oxygens (including phenoxy) is 2. The van der Waals surface area contributed by atoms with Crippen molar-refractivity contribution in [1.29, 1.82) is 0 Å². The molecule has 20 heavy (non-hydrogen) atoms. The molecule has 0 aliphatic heterocycles. The van der Waals surface area contributed by atoms with Crippen molar-refractivity contribution in [3.8, 4) is 5.88 Å². The van der Waals surface area contributed by atoms with Crippen molar-refractivity contribution in [3.05, 3.63) is 23.1 Å². The predicted molar refractivity (Wildman–Crippen MR) is 47.2 cm³/mol. The lowest BCUT2D eigenvalue weighted by molar-refractivity contribution is -0.278. The van der Waals surface area contributed by atoms with Crippen molar-refractivity contribution in [2.24, 2.45) is 0 Å². The summed E-state index contributed by atoms with van der Waals surface area (Å²) in [5.41, 5.74) is -3.47. The summed E-state index contributed by atoms with van der Waals surface area (Å²) in [4.78, 5) is 13.6. The van der Waals surface area contributed by atoms with E-state index in [1.54, 1.807) is 0 Å². The quantitative estimate of drug-likeness (QED) is 0.622. The van der Waals surface area contributed by atoms with Gasteiger partial charge in [-0.15, -0.1) is 13.2 Å². The minimum absolute atomic E-state index is 0.333. The zero-order chi connectivity index (χ0) is 15.7. The number of aromatic nitrogens is 1. The van der Waals surface area contributed by atoms with Crippen LogP contribution in [0.2, 0.25) is 0 Å². The minimum atomic E-state index is -5.50. The number of hydrogen-bond donors (Lipinski definition) is 0. The number of nitrogens with zero attached hydrogens (tertiary/aromatic N) is 1. The molecule has 0 saturated heterocycles. The molecule has 1 aromatic heterocycles. The Morgan fingerprint density at radius 1 is 1.20 bits per heavy atom. The van der Waals surface area contributed by atoms with Crippen LogP contribution in [0.5, 0.6) is 5.88 Å². The molecule has 0 aliphatic rings. The van der Waals surface area contributed by atoms with Gasteiger partial charge in [-0.1, -0.05) is 0 Å². The van der Waals surface area contributed by atoms with E-state index in [2.05, 4.69) is 14.5 Å². The van der Waals surface area contributed by atoms with E-state index >= 15 is 0 Å². The van der Waals surface area contributed by atoms with Crippen LogP contribution in [-0.2, 0) is 10.9 Å². The number of hydrogen-bond acceptors (Lipinski definition) is 4. The van der Waals surface area contributed by atoms with Gasteiger partial charge in [-0.3, -0.25) is 0 Å². The summed E-state index contributed by atoms with van der Waals surface area (Å²) >= 11 is 0. The van der Waals surface area contributed by atoms with Crippen LogP contribution >= 0.6 is 0 Å². The van der Waals surface area contributed by atoms with Crippen molar-refractivity contribution in [2.45, 2.75) is 12.5 Å². The molecule has 11 heteroatoms. The van der Waals surface area contributed by atoms with Gasteiger partial charge in [0, 0.05) is 0 Å². The van der Waals surface area contributed by atoms with Crippen LogP contribution in [0.3, 0.4) is 0 Å². The summed E-state index contributed by atoms with van der Waals surface area (Å²) in [5, 5.41) is 0. The van der Waals surface area contributed by atoms with Crippen molar-refractivity contribution >= 4 is 5.97 Å². The van der Waals surface area contributed by atoms with Crippen LogP contribution in [0, 0.1) is 5.82 Å². The number of methoxy groups -OCH3 is 1. The Morgan fingerprint density at radius 3 is 2.15 bits per heavy atom. The summed E-state index contributed by atoms with van der Waals surface area (Å²) < 4.78 is 93.5. The van der Waals surface area contributed by atoms with E-state index in [4.69, 9.17) is 0 Å². The molecular weight excluding hydrogens is 303 g/mol. The number of rotatable bonds is 2. The number of alkyl halides is 6. The van der Waals surface area contributed by atoms with Gasteiger partial charge in [-0.2, -0.15) is 13.2 Å². The van der Waals surface area contributed by atoms with Crippen LogP contribution in [0.15, 0.2) is 6.07 Å². The number of carbonyl (C=O) groups excluding carboxylic acids is 1. The maximum Gasteiger partial charge on any atom is 0.574 e. The molecule has 0 fully saturated rings. The molecule has 0 unspecified atom stereocenters. The second kappa shape index (κ2) is 5.13. The Bertz CT molecular complexity index is 523. The van der Waals surface area contributed by atoms with E-state index in [1.807, 2.05) is 0 Å². The van der Waals surface area contributed by atoms with Crippen molar-refractivity contribution in [3.63, 3.8) is 0 Å². The maximum atomic E-state index is 13.2. The molecule has 1 aromatic rings. The minimum Gasteiger partial charge on any atom is -0.464 e. The Balaban J connectivity index is 3.46. The van der Waals surface area contributed by atoms with E-state index in [0.29, 0.717) is 0 Å². The third kappa shape index (κ3) is 3.71. The van der Waals surface area contributed by atoms with Gasteiger partial charge < -0.3 is 9.47 Å². The molecular formula is C9H4F7NO3. The summed E-state index contributed by atoms with van der Waals surface area (Å²) in [7, 11) is 0.741. The van der Waals surface area contributed by atoms with E-state index in [0.717, 1.165) is 7.11 Å². The summed E-state index contributed by atoms with van der Waals surface area (Å²) in [5.74, 6) is -5.34. The van der Waals surface area contributed by atoms with Gasteiger partial charge in [-0.05, 0) is 6.07 Å². The monoisotopic (exact) mass is 307 g/mol. The van der Waals surface area contributed by atoms with Crippen molar-refractivity contribution in [2.75, 3.05) is 7.11 Å². The van der Waals surface area contributed by atoms with Gasteiger partial charge in [0.1, 0.15) is 5.56 Å². The first-order valence-electron chi connectivity index (χ1n) is 4.57. The first-order chi connectivity index (χ1) is 8.95. The highest BCUT2D eigenvalue weighted by Crippen LogP contribution is 2.38. The Morgan fingerprint density at radius 2 is 1.75 bits per heavy atom. The highest BCUT2D eigenvalue weighted by atomic mass is 19.4. The van der Waals surface area contributed by atoms with E-state index in [1.165, 1.54) is 0 Å². The molecule has 0 amide bonds. The SMILES string of the molecule is COC(=O)c1nc(OC(F)(F)F)c(C(F)(F)F)cc1F. The van der Waals surface area contributed by atoms with E-state index < -0.39 is 41.5 Å². The maximum absolute atomic E-state index is 13.2. The second-order valence-corrected chi connectivity index (χ2v) is 3.21. The first kappa shape index (κ1) is 16.0. The van der Waals surface area contributed by atoms with Crippen LogP contribution < -0.4 is 4.74 Å². The largest absolute Gasteiger partial charge is 0.574 e. The zero-order valence-corrected chi connectivity index (χ0v) is 9.40. The normalized spacial score (nSPS) is 12.2. The lowest BCUT2D eigenvalue weighted by Gasteiger charge is -2.15. The molecule has 4 nitrogen and oxygen atoms in total. The number of pyridine rings is 1. The fraction of sp³-hybridized carbons (Fsp3) is 0.333. The molecule has 0 N–H and O–H groups in total. The van der Waals surface area contributed by atoms with Crippen LogP contribution in [0.1, 0.15) is 16.1 Å². The summed E-state index contributed by atoms with van der Waals surface area (Å²) in [6.07, 6.45) is -10.9. The molecule has 1 rings (SSSR count). The standard InChI is InChI=1S/C9H4F7NO3/c1-19-7(18)5-4(10)2-3(8(11,12)13)6(17-5)20-9(14,15)16/h2H,1H3. The topological polar surface area (TPSA) is 48.4 Å². The van der Waals surface area contributed by atoms with Gasteiger partial charge >= 0.3 is 18.5 Å². The molecule has 0 radical (unpaired) electrons. The average molecular weight is 307 g/mol. The van der Waals surface area contributed by atoms with Crippen molar-refractivity contribution in [1.82, 2.24) is 4.98 Å². The summed E-state index contributed by atoms with van der Waals surface area (Å²) in [6, 6.07) is -0.333. The highest BCUT2D eigenvalue weighted by Gasteiger charge is 2.42. The van der Waals surface area contributed by atoms with Crippen LogP contribution in [0.4, 0.5) is 30.7 Å². The number of halogens is 7. The second-order valence-electron chi connectivity index (χ2n) is 3.21. The van der Waals surface area contributed by atoms with Gasteiger partial charge in [-0.25, -0.2) is 14.2 Å². The first-order valence-corrected chi connectivity index (χ1v) is 4.57. The lowest BCUT2D eigenvalue weighted by Crippen LogP contribution is -2.23. The van der Waals surface area contributed by atoms with Crippen LogP contribution in [-0.4, -0.2) is 24.4 Å². The predicted octanol–water partition coefficient (Wildman–Crippen LogP) is 2.92. The number of esters is 1. The molecule has 0 aromatic carbocycles. The average Bonchev–Trinajstić information content (AvgIpc) is 2.26. The van der Waals surface area contributed by atoms with E-state index in [-0.39, 0.29) is 6.07 Å². The third-order valence-electron chi connectivity index (χ3n) is 1.84. The fourth-order valence-corrected chi connectivity index (χ4v) is 1.10. The Kier molecular flexibility index (Phi) is 4.10. The van der Waals surface area contributed by atoms with E-state index in [9.17, 15) is 35.5 Å². The summed E-state index contributed by atoms with van der Waals surface area (Å²) in [6.45, 7) is 0. The Hall–Kier alpha value is -2.07. The molecule has 112 valence electrons. The van der Waals surface area contributed by atoms with Crippen molar-refractivity contribution < 1.29 is 45.0 Å². The molecule has 1 heterocycles. The fourth-order valence-electron chi connectivity index (χ4n) is 1.10. The van der Waals surface area contributed by atoms with Gasteiger partial charge in [0.2, 0.25) is 5.88 Å². The molecule has 0 atom stereocenters. The molecule has 0 saturated carbocycles. The zero-order valence-electron chi connectivity index (χ0n) is 9.40. The Labute approximate surface area is 106 Å². The van der Waals surface area contributed by atoms with Gasteiger partial charge in [0.25, 0.3) is 0 Å². The van der Waals surface area contributed by atoms with Gasteiger partial charge in [0.05, 0.1) is 7.11 Å². The van der Waals surface area contributed by atoms with Crippen LogP contribution in [0.25, 0.3) is 0 Å². The van der Waals surface area contributed by atoms with Gasteiger partial charge in [0.15, 0.2) is 11.5 Å².